The third kappa shape index (κ3) is 8.34. The molecule has 0 N–H and O–H groups in total. The van der Waals surface area contributed by atoms with Gasteiger partial charge in [-0.25, -0.2) is 0 Å². The molecule has 0 aromatic heterocycles. The summed E-state index contributed by atoms with van der Waals surface area (Å²) < 4.78 is 27.6. The Hall–Kier alpha value is 0.170. The summed E-state index contributed by atoms with van der Waals surface area (Å²) in [7, 11) is -3.11. The number of halogens is 1. The van der Waals surface area contributed by atoms with Crippen LogP contribution in [0.4, 0.5) is 0 Å². The molecule has 0 aromatic rings. The van der Waals surface area contributed by atoms with Crippen LogP contribution in [0.3, 0.4) is 0 Å². The molecule has 0 amide bonds. The van der Waals surface area contributed by atoms with Crippen LogP contribution in [-0.2, 0) is 18.3 Å². The molecule has 0 spiro atoms. The lowest BCUT2D eigenvalue weighted by Crippen LogP contribution is -1.96. The van der Waals surface area contributed by atoms with Crippen molar-refractivity contribution in [2.45, 2.75) is 26.7 Å². The van der Waals surface area contributed by atoms with Crippen LogP contribution in [-0.4, -0.2) is 25.2 Å². The maximum atomic E-state index is 12.1. The normalized spacial score (nSPS) is 12.2. The number of rotatable bonds is 10. The summed E-state index contributed by atoms with van der Waals surface area (Å²) in [5.74, 6) is 1.38. The van der Waals surface area contributed by atoms with Crippen molar-refractivity contribution < 1.29 is 18.3 Å². The van der Waals surface area contributed by atoms with E-state index in [1.54, 1.807) is 0 Å². The highest BCUT2D eigenvalue weighted by Gasteiger charge is 2.20. The summed E-state index contributed by atoms with van der Waals surface area (Å²) in [6.07, 6.45) is 2.98. The van der Waals surface area contributed by atoms with Gasteiger partial charge in [0.2, 0.25) is 0 Å². The molecule has 0 bridgehead atoms. The third-order valence-corrected chi connectivity index (χ3v) is 3.38. The van der Waals surface area contributed by atoms with Crippen LogP contribution in [0.1, 0.15) is 26.7 Å². The molecule has 4 nitrogen and oxygen atoms in total. The minimum atomic E-state index is -3.11. The lowest BCUT2D eigenvalue weighted by molar-refractivity contribution is 0.210. The van der Waals surface area contributed by atoms with Crippen LogP contribution in [0.2, 0.25) is 0 Å². The molecule has 0 aliphatic heterocycles. The maximum absolute atomic E-state index is 12.1. The molecule has 0 aliphatic carbocycles. The van der Waals surface area contributed by atoms with Crippen molar-refractivity contribution in [2.24, 2.45) is 0 Å². The largest absolute Gasteiger partial charge is 0.500 e. The smallest absolute Gasteiger partial charge is 0.357 e. The number of alkyl halides is 1. The number of hydrogen-bond donors (Lipinski definition) is 0. The van der Waals surface area contributed by atoms with Crippen LogP contribution in [0.5, 0.6) is 0 Å². The summed E-state index contributed by atoms with van der Waals surface area (Å²) in [5.41, 5.74) is 0. The van der Waals surface area contributed by atoms with E-state index in [2.05, 4.69) is 15.9 Å². The standard InChI is InChI=1S/C10H20BrO4P/c1-3-6-14-16(12,15-7-4-2)10-9-13-8-5-11/h9-10H,3-8H2,1-2H3/b10-9+. The van der Waals surface area contributed by atoms with E-state index in [1.807, 2.05) is 13.8 Å². The molecule has 6 heteroatoms. The van der Waals surface area contributed by atoms with Gasteiger partial charge in [0.15, 0.2) is 0 Å². The van der Waals surface area contributed by atoms with Crippen LogP contribution >= 0.6 is 23.5 Å². The average Bonchev–Trinajstić information content (AvgIpc) is 2.30. The van der Waals surface area contributed by atoms with E-state index in [0.717, 1.165) is 18.2 Å². The van der Waals surface area contributed by atoms with Crippen molar-refractivity contribution in [3.63, 3.8) is 0 Å². The van der Waals surface area contributed by atoms with Gasteiger partial charge in [0.05, 0.1) is 31.9 Å². The van der Waals surface area contributed by atoms with Crippen molar-refractivity contribution in [1.82, 2.24) is 0 Å². The lowest BCUT2D eigenvalue weighted by atomic mass is 10.5. The highest BCUT2D eigenvalue weighted by molar-refractivity contribution is 9.09. The van der Waals surface area contributed by atoms with Gasteiger partial charge in [-0.15, -0.1) is 0 Å². The minimum absolute atomic E-state index is 0.420. The monoisotopic (exact) mass is 314 g/mol. The van der Waals surface area contributed by atoms with Gasteiger partial charge in [0, 0.05) is 5.33 Å². The van der Waals surface area contributed by atoms with Crippen molar-refractivity contribution in [3.05, 3.63) is 12.1 Å². The van der Waals surface area contributed by atoms with Gasteiger partial charge in [0.1, 0.15) is 0 Å². The van der Waals surface area contributed by atoms with Gasteiger partial charge in [-0.05, 0) is 12.8 Å². The van der Waals surface area contributed by atoms with Crippen LogP contribution in [0.15, 0.2) is 12.1 Å². The molecule has 96 valence electrons. The van der Waals surface area contributed by atoms with Gasteiger partial charge in [-0.3, -0.25) is 4.57 Å². The van der Waals surface area contributed by atoms with Gasteiger partial charge < -0.3 is 13.8 Å². The Morgan fingerprint density at radius 2 is 1.69 bits per heavy atom. The predicted octanol–water partition coefficient (Wildman–Crippen LogP) is 3.92. The van der Waals surface area contributed by atoms with Gasteiger partial charge in [-0.2, -0.15) is 0 Å². The second kappa shape index (κ2) is 10.3. The Bertz CT molecular complexity index is 221. The minimum Gasteiger partial charge on any atom is -0.500 e. The first-order valence-electron chi connectivity index (χ1n) is 5.42. The molecule has 0 atom stereocenters. The summed E-state index contributed by atoms with van der Waals surface area (Å²) in [5, 5.41) is 0.729. The van der Waals surface area contributed by atoms with Crippen LogP contribution in [0.25, 0.3) is 0 Å². The Labute approximate surface area is 106 Å². The topological polar surface area (TPSA) is 44.8 Å². The second-order valence-electron chi connectivity index (χ2n) is 3.05. The molecule has 0 rings (SSSR count). The number of ether oxygens (including phenoxy) is 1. The molecule has 0 unspecified atom stereocenters. The average molecular weight is 315 g/mol. The first-order valence-corrected chi connectivity index (χ1v) is 8.16. The van der Waals surface area contributed by atoms with Gasteiger partial charge in [0.25, 0.3) is 0 Å². The first kappa shape index (κ1) is 16.2. The molecule has 0 fully saturated rings. The van der Waals surface area contributed by atoms with E-state index in [0.29, 0.717) is 19.8 Å². The Morgan fingerprint density at radius 1 is 1.12 bits per heavy atom. The van der Waals surface area contributed by atoms with E-state index >= 15 is 0 Å². The summed E-state index contributed by atoms with van der Waals surface area (Å²) in [6.45, 7) is 5.27. The molecule has 0 aromatic carbocycles. The van der Waals surface area contributed by atoms with E-state index in [4.69, 9.17) is 13.8 Å². The SMILES string of the molecule is CCCOP(=O)(/C=C/OCCBr)OCCC. The van der Waals surface area contributed by atoms with E-state index < -0.39 is 7.60 Å². The van der Waals surface area contributed by atoms with Crippen molar-refractivity contribution in [1.29, 1.82) is 0 Å². The lowest BCUT2D eigenvalue weighted by Gasteiger charge is -2.14. The third-order valence-electron chi connectivity index (χ3n) is 1.49. The number of hydrogen-bond acceptors (Lipinski definition) is 4. The molecular weight excluding hydrogens is 295 g/mol. The zero-order valence-electron chi connectivity index (χ0n) is 9.86. The fourth-order valence-electron chi connectivity index (χ4n) is 0.791. The quantitative estimate of drug-likeness (QED) is 0.265. The molecule has 0 saturated carbocycles. The fraction of sp³-hybridized carbons (Fsp3) is 0.800. The molecule has 16 heavy (non-hydrogen) atoms. The predicted molar refractivity (Wildman–Crippen MR) is 69.0 cm³/mol. The Kier molecular flexibility index (Phi) is 10.4. The molecule has 0 aliphatic rings. The molecular formula is C10H20BrO4P. The summed E-state index contributed by atoms with van der Waals surface area (Å²) in [6, 6.07) is 0. The Morgan fingerprint density at radius 3 is 2.12 bits per heavy atom. The van der Waals surface area contributed by atoms with E-state index in [1.165, 1.54) is 12.1 Å². The second-order valence-corrected chi connectivity index (χ2v) is 5.74. The van der Waals surface area contributed by atoms with Gasteiger partial charge in [-0.1, -0.05) is 29.8 Å². The van der Waals surface area contributed by atoms with Crippen LogP contribution in [0, 0.1) is 0 Å². The highest BCUT2D eigenvalue weighted by Crippen LogP contribution is 2.49. The maximum Gasteiger partial charge on any atom is 0.357 e. The zero-order chi connectivity index (χ0) is 12.3. The van der Waals surface area contributed by atoms with Gasteiger partial charge >= 0.3 is 7.60 Å². The van der Waals surface area contributed by atoms with Crippen molar-refractivity contribution >= 4 is 23.5 Å². The van der Waals surface area contributed by atoms with E-state index in [-0.39, 0.29) is 0 Å². The molecule has 0 saturated heterocycles. The zero-order valence-corrected chi connectivity index (χ0v) is 12.3. The Balaban J connectivity index is 4.17. The van der Waals surface area contributed by atoms with E-state index in [9.17, 15) is 4.57 Å². The highest BCUT2D eigenvalue weighted by atomic mass is 79.9. The van der Waals surface area contributed by atoms with Crippen LogP contribution < -0.4 is 0 Å². The first-order chi connectivity index (χ1) is 7.68. The van der Waals surface area contributed by atoms with Crippen molar-refractivity contribution in [2.75, 3.05) is 25.2 Å². The van der Waals surface area contributed by atoms with Crippen molar-refractivity contribution in [3.8, 4) is 0 Å². The molecule has 0 heterocycles. The molecule has 0 radical (unpaired) electrons. The fourth-order valence-corrected chi connectivity index (χ4v) is 2.33. The summed E-state index contributed by atoms with van der Waals surface area (Å²) in [4.78, 5) is 0. The summed E-state index contributed by atoms with van der Waals surface area (Å²) >= 11 is 3.22.